The molecule has 0 radical (unpaired) electrons. The molecule has 3 amide bonds. The molecule has 6 heterocycles. The lowest BCUT2D eigenvalue weighted by Crippen LogP contribution is -2.27. The standard InChI is InChI=1S/C18H16N4O2S2.C18H18N4OS2.C17H18N4OS2.2C2H6/c1-12(23)22-15(13-7-10-25-11-13)20-21-17(22)26-18(8-9-18)16(24)19-14-5-3-2-4-6-14;1-2-22-15(13-8-11-24-12-13)20-21-17(22)25-18(9-10-18)16(23)19-14-6-4-3-5-7-14;1-3-21-15(13-9-10-23-11-13)19-20-17(21)24-12(2)16(22)18-14-7-5-4-6-8-14;2*1-2/h2-7,10-11H,8-9H2,1H3,(H,19,24);3-8,11-12H,2,9-10H2,1H3,(H,19,23);4-12H,3H2,1-2H3,(H,18,22);2*1-2H3. The number of aromatic nitrogens is 9. The number of hydrogen-bond donors (Lipinski definition) is 3. The van der Waals surface area contributed by atoms with E-state index in [0.29, 0.717) is 11.0 Å². The first-order valence-electron chi connectivity index (χ1n) is 26.0. The number of anilines is 3. The number of nitrogens with zero attached hydrogens (tertiary/aromatic N) is 9. The van der Waals surface area contributed by atoms with Crippen molar-refractivity contribution < 1.29 is 19.2 Å². The van der Waals surface area contributed by atoms with E-state index in [9.17, 15) is 19.2 Å². The molecule has 2 aliphatic carbocycles. The molecule has 79 heavy (non-hydrogen) atoms. The van der Waals surface area contributed by atoms with Gasteiger partial charge in [-0.05, 0) is 117 Å². The van der Waals surface area contributed by atoms with Crippen LogP contribution in [0.3, 0.4) is 0 Å². The third kappa shape index (κ3) is 15.4. The van der Waals surface area contributed by atoms with Gasteiger partial charge in [0.25, 0.3) is 0 Å². The minimum atomic E-state index is -0.595. The van der Waals surface area contributed by atoms with Gasteiger partial charge in [-0.3, -0.25) is 19.2 Å². The fourth-order valence-electron chi connectivity index (χ4n) is 7.56. The molecule has 11 rings (SSSR count). The maximum atomic E-state index is 12.7. The molecule has 1 unspecified atom stereocenters. The van der Waals surface area contributed by atoms with E-state index in [2.05, 4.69) is 75.7 Å². The normalized spacial score (nSPS) is 13.5. The molecule has 412 valence electrons. The smallest absolute Gasteiger partial charge is 0.241 e. The average molecular weight is 1170 g/mol. The second-order valence-electron chi connectivity index (χ2n) is 17.2. The molecule has 22 heteroatoms. The van der Waals surface area contributed by atoms with Crippen molar-refractivity contribution in [2.75, 3.05) is 16.0 Å². The van der Waals surface area contributed by atoms with Crippen LogP contribution in [0.15, 0.2) is 157 Å². The largest absolute Gasteiger partial charge is 0.325 e. The third-order valence-electron chi connectivity index (χ3n) is 11.9. The fraction of sp³-hybridized carbons (Fsp3) is 0.298. The highest BCUT2D eigenvalue weighted by Gasteiger charge is 2.53. The maximum Gasteiger partial charge on any atom is 0.241 e. The van der Waals surface area contributed by atoms with Crippen LogP contribution in [-0.2, 0) is 27.5 Å². The summed E-state index contributed by atoms with van der Waals surface area (Å²) >= 11 is 9.08. The molecule has 3 aromatic carbocycles. The first kappa shape index (κ1) is 60.0. The maximum absolute atomic E-state index is 12.7. The van der Waals surface area contributed by atoms with Crippen LogP contribution in [0.4, 0.5) is 17.1 Å². The van der Waals surface area contributed by atoms with Gasteiger partial charge in [-0.2, -0.15) is 34.0 Å². The van der Waals surface area contributed by atoms with Crippen molar-refractivity contribution in [1.82, 2.24) is 44.3 Å². The fourth-order valence-corrected chi connectivity index (χ4v) is 12.8. The second kappa shape index (κ2) is 29.0. The van der Waals surface area contributed by atoms with E-state index in [1.807, 2.05) is 170 Å². The molecule has 2 saturated carbocycles. The molecule has 9 aromatic rings. The summed E-state index contributed by atoms with van der Waals surface area (Å²) in [6.07, 6.45) is 3.21. The molecule has 0 saturated heterocycles. The first-order chi connectivity index (χ1) is 38.5. The molecule has 6 aromatic heterocycles. The lowest BCUT2D eigenvalue weighted by Gasteiger charge is -2.15. The highest BCUT2D eigenvalue weighted by Crippen LogP contribution is 2.53. The van der Waals surface area contributed by atoms with E-state index < -0.39 is 9.49 Å². The van der Waals surface area contributed by atoms with E-state index in [4.69, 9.17) is 0 Å². The van der Waals surface area contributed by atoms with Crippen LogP contribution in [0.5, 0.6) is 0 Å². The van der Waals surface area contributed by atoms with Gasteiger partial charge < -0.3 is 25.1 Å². The monoisotopic (exact) mass is 1170 g/mol. The summed E-state index contributed by atoms with van der Waals surface area (Å²) in [5.74, 6) is 1.99. The van der Waals surface area contributed by atoms with Crippen molar-refractivity contribution >= 4 is 110 Å². The Morgan fingerprint density at radius 1 is 0.519 bits per heavy atom. The molecule has 0 aliphatic heterocycles. The Bertz CT molecular complexity index is 3320. The van der Waals surface area contributed by atoms with E-state index >= 15 is 0 Å². The number of hydrogen-bond acceptors (Lipinski definition) is 16. The Morgan fingerprint density at radius 3 is 1.28 bits per heavy atom. The molecule has 3 N–H and O–H groups in total. The van der Waals surface area contributed by atoms with Crippen LogP contribution in [0.1, 0.15) is 85.9 Å². The molecule has 1 atom stereocenters. The van der Waals surface area contributed by atoms with Gasteiger partial charge >= 0.3 is 0 Å². The predicted octanol–water partition coefficient (Wildman–Crippen LogP) is 14.4. The number of rotatable bonds is 17. The molecule has 0 spiro atoms. The van der Waals surface area contributed by atoms with Gasteiger partial charge in [0.2, 0.25) is 23.6 Å². The Balaban J connectivity index is 0.000000166. The SMILES string of the molecule is CC.CC.CC(=O)n1c(SC2(C(=O)Nc3ccccc3)CC2)nnc1-c1ccsc1.CCn1c(SC(C)C(=O)Nc2ccccc2)nnc1-c1ccsc1.CCn1c(SC2(C(=O)Nc3ccccc3)CC2)nnc1-c1ccsc1. The number of thioether (sulfide) groups is 3. The quantitative estimate of drug-likeness (QED) is 0.0729. The van der Waals surface area contributed by atoms with Crippen molar-refractivity contribution in [1.29, 1.82) is 0 Å². The van der Waals surface area contributed by atoms with Crippen LogP contribution >= 0.6 is 69.3 Å². The number of nitrogens with one attached hydrogen (secondary N) is 3. The van der Waals surface area contributed by atoms with Gasteiger partial charge in [-0.15, -0.1) is 30.6 Å². The second-order valence-corrected chi connectivity index (χ2v) is 23.6. The highest BCUT2D eigenvalue weighted by atomic mass is 32.2. The Morgan fingerprint density at radius 2 is 0.886 bits per heavy atom. The number of amides is 3. The summed E-state index contributed by atoms with van der Waals surface area (Å²) in [6.45, 7) is 17.0. The zero-order valence-corrected chi connectivity index (χ0v) is 50.2. The zero-order valence-electron chi connectivity index (χ0n) is 45.3. The average Bonchev–Trinajstić information content (AvgIpc) is 4.09. The van der Waals surface area contributed by atoms with Gasteiger partial charge in [0.05, 0.1) is 5.25 Å². The van der Waals surface area contributed by atoms with Crippen LogP contribution < -0.4 is 16.0 Å². The van der Waals surface area contributed by atoms with Gasteiger partial charge in [-0.1, -0.05) is 118 Å². The van der Waals surface area contributed by atoms with E-state index in [0.717, 1.165) is 94.5 Å². The van der Waals surface area contributed by atoms with Gasteiger partial charge in [0, 0.05) is 69.9 Å². The van der Waals surface area contributed by atoms with Crippen molar-refractivity contribution in [3.05, 3.63) is 141 Å². The Kier molecular flexibility index (Phi) is 22.0. The lowest BCUT2D eigenvalue weighted by molar-refractivity contribution is -0.117. The number of carbonyl (C=O) groups is 4. The summed E-state index contributed by atoms with van der Waals surface area (Å²) in [4.78, 5) is 50.0. The van der Waals surface area contributed by atoms with Crippen LogP contribution in [0, 0.1) is 0 Å². The summed E-state index contributed by atoms with van der Waals surface area (Å²) in [6, 6.07) is 34.4. The highest BCUT2D eigenvalue weighted by molar-refractivity contribution is 8.02. The molecule has 2 aliphatic rings. The minimum Gasteiger partial charge on any atom is -0.325 e. The summed E-state index contributed by atoms with van der Waals surface area (Å²) in [5.41, 5.74) is 5.37. The van der Waals surface area contributed by atoms with Crippen LogP contribution in [0.25, 0.3) is 34.2 Å². The van der Waals surface area contributed by atoms with Gasteiger partial charge in [0.1, 0.15) is 9.49 Å². The molecular formula is C57H64N12O4S6. The number of thiophene rings is 3. The Labute approximate surface area is 486 Å². The van der Waals surface area contributed by atoms with Gasteiger partial charge in [0.15, 0.2) is 32.9 Å². The molecule has 2 fully saturated rings. The lowest BCUT2D eigenvalue weighted by atomic mass is 10.3. The Hall–Kier alpha value is -6.69. The third-order valence-corrected chi connectivity index (χ3v) is 17.9. The first-order valence-corrected chi connectivity index (χ1v) is 31.4. The van der Waals surface area contributed by atoms with Crippen molar-refractivity contribution in [2.45, 2.75) is 124 Å². The predicted molar refractivity (Wildman–Crippen MR) is 327 cm³/mol. The topological polar surface area (TPSA) is 196 Å². The van der Waals surface area contributed by atoms with E-state index in [1.54, 1.807) is 22.7 Å². The molecule has 16 nitrogen and oxygen atoms in total. The van der Waals surface area contributed by atoms with Gasteiger partial charge in [-0.25, -0.2) is 4.57 Å². The molecular weight excluding hydrogens is 1110 g/mol. The summed E-state index contributed by atoms with van der Waals surface area (Å²) in [5, 5.41) is 48.3. The number of benzene rings is 3. The van der Waals surface area contributed by atoms with Crippen molar-refractivity contribution in [2.24, 2.45) is 0 Å². The molecule has 0 bridgehead atoms. The van der Waals surface area contributed by atoms with Crippen LogP contribution in [-0.4, -0.2) is 82.7 Å². The van der Waals surface area contributed by atoms with Crippen molar-refractivity contribution in [3.63, 3.8) is 0 Å². The number of para-hydroxylation sites is 3. The number of carbonyl (C=O) groups excluding carboxylic acids is 4. The minimum absolute atomic E-state index is 0.0473. The van der Waals surface area contributed by atoms with E-state index in [-0.39, 0.29) is 28.9 Å². The summed E-state index contributed by atoms with van der Waals surface area (Å²) in [7, 11) is 0. The zero-order chi connectivity index (χ0) is 56.4. The van der Waals surface area contributed by atoms with E-state index in [1.165, 1.54) is 58.1 Å². The summed E-state index contributed by atoms with van der Waals surface area (Å²) < 4.78 is 4.59. The van der Waals surface area contributed by atoms with Crippen LogP contribution in [0.2, 0.25) is 0 Å². The van der Waals surface area contributed by atoms with Crippen molar-refractivity contribution in [3.8, 4) is 34.2 Å².